The van der Waals surface area contributed by atoms with E-state index in [2.05, 4.69) is 32.7 Å². The quantitative estimate of drug-likeness (QED) is 0.472. The van der Waals surface area contributed by atoms with Crippen molar-refractivity contribution in [1.82, 2.24) is 4.98 Å². The van der Waals surface area contributed by atoms with E-state index in [-0.39, 0.29) is 5.82 Å². The van der Waals surface area contributed by atoms with Crippen LogP contribution in [0.1, 0.15) is 24.8 Å². The molecule has 0 spiro atoms. The van der Waals surface area contributed by atoms with E-state index in [4.69, 9.17) is 9.47 Å². The molecule has 0 bridgehead atoms. The molecule has 0 saturated carbocycles. The summed E-state index contributed by atoms with van der Waals surface area (Å²) in [5.74, 6) is 1.53. The molecule has 0 atom stereocenters. The Kier molecular flexibility index (Phi) is 6.63. The standard InChI is InChI=1S/C25H29FN4O2/c1-17-16-27-25(15-22(17)28-20-9-7-18(26)13-23(20)31-2)29-21-10-8-19(14-24(21)32-3)30-11-5-4-6-12-30/h7-10,13-16H,4-6,11-12H2,1-3H3,(H2,27,28,29). The topological polar surface area (TPSA) is 58.7 Å². The van der Waals surface area contributed by atoms with Crippen LogP contribution < -0.4 is 25.0 Å². The zero-order chi connectivity index (χ0) is 22.5. The van der Waals surface area contributed by atoms with E-state index in [0.717, 1.165) is 35.8 Å². The van der Waals surface area contributed by atoms with Crippen LogP contribution in [0.3, 0.4) is 0 Å². The van der Waals surface area contributed by atoms with Gasteiger partial charge in [0.15, 0.2) is 0 Å². The second-order valence-electron chi connectivity index (χ2n) is 7.91. The van der Waals surface area contributed by atoms with Crippen molar-refractivity contribution in [1.29, 1.82) is 0 Å². The number of nitrogens with zero attached hydrogens (tertiary/aromatic N) is 2. The summed E-state index contributed by atoms with van der Waals surface area (Å²) in [6, 6.07) is 12.5. The molecule has 1 fully saturated rings. The van der Waals surface area contributed by atoms with Crippen molar-refractivity contribution < 1.29 is 13.9 Å². The number of anilines is 5. The first-order valence-corrected chi connectivity index (χ1v) is 10.8. The van der Waals surface area contributed by atoms with Gasteiger partial charge in [-0.25, -0.2) is 9.37 Å². The van der Waals surface area contributed by atoms with E-state index in [1.807, 2.05) is 19.1 Å². The molecule has 0 radical (unpaired) electrons. The van der Waals surface area contributed by atoms with Gasteiger partial charge in [-0.3, -0.25) is 0 Å². The SMILES string of the molecule is COc1cc(N2CCCCC2)ccc1Nc1cc(Nc2ccc(F)cc2OC)c(C)cn1. The average Bonchev–Trinajstić information content (AvgIpc) is 2.83. The largest absolute Gasteiger partial charge is 0.494 e. The number of rotatable bonds is 7. The molecular weight excluding hydrogens is 407 g/mol. The van der Waals surface area contributed by atoms with Gasteiger partial charge in [0.1, 0.15) is 23.1 Å². The fourth-order valence-electron chi connectivity index (χ4n) is 3.91. The minimum absolute atomic E-state index is 0.346. The minimum Gasteiger partial charge on any atom is -0.494 e. The Balaban J connectivity index is 1.56. The van der Waals surface area contributed by atoms with Crippen LogP contribution >= 0.6 is 0 Å². The van der Waals surface area contributed by atoms with Crippen molar-refractivity contribution >= 4 is 28.6 Å². The summed E-state index contributed by atoms with van der Waals surface area (Å²) in [6.45, 7) is 4.12. The van der Waals surface area contributed by atoms with Gasteiger partial charge in [-0.15, -0.1) is 0 Å². The Morgan fingerprint density at radius 1 is 0.844 bits per heavy atom. The van der Waals surface area contributed by atoms with Crippen LogP contribution in [0.4, 0.5) is 33.0 Å². The van der Waals surface area contributed by atoms with Gasteiger partial charge in [-0.1, -0.05) is 0 Å². The summed E-state index contributed by atoms with van der Waals surface area (Å²) in [4.78, 5) is 6.91. The van der Waals surface area contributed by atoms with Crippen LogP contribution in [0.5, 0.6) is 11.5 Å². The molecule has 6 nitrogen and oxygen atoms in total. The molecule has 0 unspecified atom stereocenters. The zero-order valence-electron chi connectivity index (χ0n) is 18.7. The molecule has 0 amide bonds. The molecule has 32 heavy (non-hydrogen) atoms. The Hall–Kier alpha value is -3.48. The maximum absolute atomic E-state index is 13.5. The van der Waals surface area contributed by atoms with E-state index in [0.29, 0.717) is 17.3 Å². The van der Waals surface area contributed by atoms with Gasteiger partial charge in [0.2, 0.25) is 0 Å². The number of piperidine rings is 1. The van der Waals surface area contributed by atoms with Crippen LogP contribution in [-0.4, -0.2) is 32.3 Å². The Bertz CT molecular complexity index is 1080. The molecule has 168 valence electrons. The highest BCUT2D eigenvalue weighted by atomic mass is 19.1. The van der Waals surface area contributed by atoms with Gasteiger partial charge in [-0.05, 0) is 56.0 Å². The Labute approximate surface area is 188 Å². The molecule has 1 saturated heterocycles. The second kappa shape index (κ2) is 9.77. The zero-order valence-corrected chi connectivity index (χ0v) is 18.7. The first-order valence-electron chi connectivity index (χ1n) is 10.8. The van der Waals surface area contributed by atoms with Crippen LogP contribution in [-0.2, 0) is 0 Å². The monoisotopic (exact) mass is 436 g/mol. The predicted molar refractivity (Wildman–Crippen MR) is 128 cm³/mol. The number of nitrogens with one attached hydrogen (secondary N) is 2. The number of aryl methyl sites for hydroxylation is 1. The fourth-order valence-corrected chi connectivity index (χ4v) is 3.91. The molecule has 3 aromatic rings. The molecule has 2 heterocycles. The van der Waals surface area contributed by atoms with Gasteiger partial charge in [0.25, 0.3) is 0 Å². The minimum atomic E-state index is -0.346. The number of hydrogen-bond donors (Lipinski definition) is 2. The lowest BCUT2D eigenvalue weighted by atomic mass is 10.1. The van der Waals surface area contributed by atoms with Crippen LogP contribution in [0.2, 0.25) is 0 Å². The predicted octanol–water partition coefficient (Wildman–Crippen LogP) is 6.02. The Morgan fingerprint density at radius 3 is 2.28 bits per heavy atom. The summed E-state index contributed by atoms with van der Waals surface area (Å²) < 4.78 is 24.5. The molecular formula is C25H29FN4O2. The number of halogens is 1. The highest BCUT2D eigenvalue weighted by Crippen LogP contribution is 2.34. The Morgan fingerprint density at radius 2 is 1.53 bits per heavy atom. The van der Waals surface area contributed by atoms with Gasteiger partial charge in [-0.2, -0.15) is 0 Å². The van der Waals surface area contributed by atoms with Crippen molar-refractivity contribution in [2.45, 2.75) is 26.2 Å². The third-order valence-electron chi connectivity index (χ3n) is 5.71. The van der Waals surface area contributed by atoms with Crippen molar-refractivity contribution in [3.63, 3.8) is 0 Å². The van der Waals surface area contributed by atoms with E-state index in [9.17, 15) is 4.39 Å². The highest BCUT2D eigenvalue weighted by Gasteiger charge is 2.14. The van der Waals surface area contributed by atoms with E-state index in [1.165, 1.54) is 44.2 Å². The number of pyridine rings is 1. The van der Waals surface area contributed by atoms with Gasteiger partial charge in [0.05, 0.1) is 25.6 Å². The van der Waals surface area contributed by atoms with Gasteiger partial charge in [0, 0.05) is 48.9 Å². The molecule has 1 aromatic heterocycles. The summed E-state index contributed by atoms with van der Waals surface area (Å²) in [5, 5.41) is 6.68. The number of benzene rings is 2. The summed E-state index contributed by atoms with van der Waals surface area (Å²) in [6.07, 6.45) is 5.54. The first-order chi connectivity index (χ1) is 15.6. The maximum atomic E-state index is 13.5. The number of methoxy groups -OCH3 is 2. The van der Waals surface area contributed by atoms with Gasteiger partial charge >= 0.3 is 0 Å². The molecule has 4 rings (SSSR count). The van der Waals surface area contributed by atoms with Crippen molar-refractivity contribution in [2.24, 2.45) is 0 Å². The second-order valence-corrected chi connectivity index (χ2v) is 7.91. The first kappa shape index (κ1) is 21.7. The van der Waals surface area contributed by atoms with E-state index < -0.39 is 0 Å². The fraction of sp³-hybridized carbons (Fsp3) is 0.320. The van der Waals surface area contributed by atoms with Crippen molar-refractivity contribution in [2.75, 3.05) is 42.8 Å². The molecule has 1 aliphatic rings. The number of ether oxygens (including phenoxy) is 2. The molecule has 2 N–H and O–H groups in total. The summed E-state index contributed by atoms with van der Waals surface area (Å²) in [7, 11) is 3.20. The highest BCUT2D eigenvalue weighted by molar-refractivity contribution is 5.74. The summed E-state index contributed by atoms with van der Waals surface area (Å²) in [5.41, 5.74) is 4.49. The summed E-state index contributed by atoms with van der Waals surface area (Å²) >= 11 is 0. The van der Waals surface area contributed by atoms with E-state index >= 15 is 0 Å². The van der Waals surface area contributed by atoms with Gasteiger partial charge < -0.3 is 25.0 Å². The lowest BCUT2D eigenvalue weighted by Crippen LogP contribution is -2.29. The number of hydrogen-bond acceptors (Lipinski definition) is 6. The van der Waals surface area contributed by atoms with Crippen molar-refractivity contribution in [3.05, 3.63) is 60.0 Å². The average molecular weight is 437 g/mol. The number of aromatic nitrogens is 1. The van der Waals surface area contributed by atoms with Crippen LogP contribution in [0, 0.1) is 12.7 Å². The smallest absolute Gasteiger partial charge is 0.145 e. The molecule has 0 aliphatic carbocycles. The lowest BCUT2D eigenvalue weighted by Gasteiger charge is -2.29. The van der Waals surface area contributed by atoms with Crippen LogP contribution in [0.15, 0.2) is 48.7 Å². The third-order valence-corrected chi connectivity index (χ3v) is 5.71. The molecule has 2 aromatic carbocycles. The van der Waals surface area contributed by atoms with Crippen molar-refractivity contribution in [3.8, 4) is 11.5 Å². The lowest BCUT2D eigenvalue weighted by molar-refractivity contribution is 0.413. The maximum Gasteiger partial charge on any atom is 0.145 e. The van der Waals surface area contributed by atoms with Crippen LogP contribution in [0.25, 0.3) is 0 Å². The normalized spacial score (nSPS) is 13.6. The molecule has 1 aliphatic heterocycles. The van der Waals surface area contributed by atoms with E-state index in [1.54, 1.807) is 19.4 Å². The third kappa shape index (κ3) is 4.88. The molecule has 7 heteroatoms.